The molecule has 0 amide bonds. The van der Waals surface area contributed by atoms with Crippen LogP contribution in [0.5, 0.6) is 0 Å². The number of piperidine rings is 1. The molecule has 0 spiro atoms. The summed E-state index contributed by atoms with van der Waals surface area (Å²) < 4.78 is 1.55. The molecule has 0 radical (unpaired) electrons. The molecule has 1 aliphatic heterocycles. The van der Waals surface area contributed by atoms with Crippen LogP contribution in [0.4, 0.5) is 11.9 Å². The maximum atomic E-state index is 4.54. The third kappa shape index (κ3) is 2.93. The van der Waals surface area contributed by atoms with Gasteiger partial charge >= 0.3 is 0 Å². The van der Waals surface area contributed by atoms with Crippen molar-refractivity contribution in [3.05, 3.63) is 12.7 Å². The van der Waals surface area contributed by atoms with Gasteiger partial charge in [0.05, 0.1) is 0 Å². The van der Waals surface area contributed by atoms with E-state index < -0.39 is 0 Å². The molecule has 1 unspecified atom stereocenters. The van der Waals surface area contributed by atoms with E-state index in [9.17, 15) is 0 Å². The Morgan fingerprint density at radius 1 is 1.29 bits per heavy atom. The van der Waals surface area contributed by atoms with Gasteiger partial charge in [0, 0.05) is 20.1 Å². The zero-order valence-electron chi connectivity index (χ0n) is 12.4. The quantitative estimate of drug-likeness (QED) is 0.902. The van der Waals surface area contributed by atoms with Crippen molar-refractivity contribution in [2.24, 2.45) is 5.92 Å². The highest BCUT2D eigenvalue weighted by Gasteiger charge is 2.22. The minimum absolute atomic E-state index is 0.487. The van der Waals surface area contributed by atoms with E-state index in [1.807, 2.05) is 0 Å². The van der Waals surface area contributed by atoms with E-state index in [0.717, 1.165) is 13.1 Å². The van der Waals surface area contributed by atoms with Gasteiger partial charge in [-0.15, -0.1) is 0 Å². The average molecular weight is 288 g/mol. The lowest BCUT2D eigenvalue weighted by molar-refractivity contribution is 0.401. The molecule has 3 rings (SSSR count). The number of hydrogen-bond donors (Lipinski definition) is 1. The molecule has 1 fully saturated rings. The fraction of sp³-hybridized carbons (Fsp3) is 0.615. The summed E-state index contributed by atoms with van der Waals surface area (Å²) in [4.78, 5) is 19.5. The fourth-order valence-electron chi connectivity index (χ4n) is 2.60. The fourth-order valence-corrected chi connectivity index (χ4v) is 2.60. The van der Waals surface area contributed by atoms with Gasteiger partial charge in [0.1, 0.15) is 12.7 Å². The lowest BCUT2D eigenvalue weighted by atomic mass is 9.96. The first-order valence-electron chi connectivity index (χ1n) is 7.34. The summed E-state index contributed by atoms with van der Waals surface area (Å²) in [5.74, 6) is 2.45. The number of nitrogens with zero attached hydrogens (tertiary/aromatic N) is 7. The second-order valence-electron chi connectivity index (χ2n) is 5.21. The standard InChI is InChI=1S/C13H20N8/c1-3-10-5-4-6-20(7-10)12-17-11(14-2)18-13(19-12)21-9-15-8-16-21/h8-10H,3-7H2,1-2H3,(H,14,17,18,19). The van der Waals surface area contributed by atoms with Crippen molar-refractivity contribution >= 4 is 11.9 Å². The van der Waals surface area contributed by atoms with Crippen LogP contribution >= 0.6 is 0 Å². The minimum Gasteiger partial charge on any atom is -0.357 e. The normalized spacial score (nSPS) is 18.8. The van der Waals surface area contributed by atoms with Crippen molar-refractivity contribution in [3.8, 4) is 5.95 Å². The van der Waals surface area contributed by atoms with Gasteiger partial charge in [-0.3, -0.25) is 0 Å². The van der Waals surface area contributed by atoms with E-state index in [0.29, 0.717) is 23.8 Å². The predicted molar refractivity (Wildman–Crippen MR) is 79.5 cm³/mol. The predicted octanol–water partition coefficient (Wildman–Crippen LogP) is 1.12. The highest BCUT2D eigenvalue weighted by molar-refractivity contribution is 5.40. The van der Waals surface area contributed by atoms with Crippen LogP contribution in [0.2, 0.25) is 0 Å². The van der Waals surface area contributed by atoms with Gasteiger partial charge in [-0.1, -0.05) is 13.3 Å². The van der Waals surface area contributed by atoms with Crippen LogP contribution in [0, 0.1) is 5.92 Å². The molecule has 1 N–H and O–H groups in total. The molecular weight excluding hydrogens is 268 g/mol. The Hall–Kier alpha value is -2.25. The van der Waals surface area contributed by atoms with Crippen molar-refractivity contribution in [1.82, 2.24) is 29.7 Å². The molecule has 1 aliphatic rings. The Balaban J connectivity index is 1.92. The molecule has 2 aromatic rings. The van der Waals surface area contributed by atoms with E-state index in [1.54, 1.807) is 18.1 Å². The van der Waals surface area contributed by atoms with Gasteiger partial charge in [-0.2, -0.15) is 24.7 Å². The largest absolute Gasteiger partial charge is 0.357 e. The zero-order valence-corrected chi connectivity index (χ0v) is 12.4. The van der Waals surface area contributed by atoms with Crippen LogP contribution in [0.15, 0.2) is 12.7 Å². The number of rotatable bonds is 4. The minimum atomic E-state index is 0.487. The maximum absolute atomic E-state index is 4.54. The summed E-state index contributed by atoms with van der Waals surface area (Å²) >= 11 is 0. The van der Waals surface area contributed by atoms with E-state index in [-0.39, 0.29) is 0 Å². The summed E-state index contributed by atoms with van der Waals surface area (Å²) in [7, 11) is 1.80. The van der Waals surface area contributed by atoms with Crippen LogP contribution < -0.4 is 10.2 Å². The van der Waals surface area contributed by atoms with Gasteiger partial charge in [0.25, 0.3) is 5.95 Å². The van der Waals surface area contributed by atoms with E-state index >= 15 is 0 Å². The number of nitrogens with one attached hydrogen (secondary N) is 1. The SMILES string of the molecule is CCC1CCCN(c2nc(NC)nc(-n3cncn3)n2)C1. The number of aromatic nitrogens is 6. The Labute approximate surface area is 123 Å². The lowest BCUT2D eigenvalue weighted by Crippen LogP contribution is -2.36. The van der Waals surface area contributed by atoms with E-state index in [4.69, 9.17) is 0 Å². The van der Waals surface area contributed by atoms with E-state index in [1.165, 1.54) is 25.6 Å². The Kier molecular flexibility index (Phi) is 3.94. The summed E-state index contributed by atoms with van der Waals surface area (Å²) in [6.07, 6.45) is 6.71. The van der Waals surface area contributed by atoms with Gasteiger partial charge < -0.3 is 10.2 Å². The van der Waals surface area contributed by atoms with Crippen LogP contribution in [-0.4, -0.2) is 49.9 Å². The molecule has 0 bridgehead atoms. The van der Waals surface area contributed by atoms with Crippen molar-refractivity contribution in [1.29, 1.82) is 0 Å². The zero-order chi connectivity index (χ0) is 14.7. The van der Waals surface area contributed by atoms with Gasteiger partial charge in [0.15, 0.2) is 0 Å². The lowest BCUT2D eigenvalue weighted by Gasteiger charge is -2.32. The second-order valence-corrected chi connectivity index (χ2v) is 5.21. The third-order valence-electron chi connectivity index (χ3n) is 3.84. The molecule has 1 atom stereocenters. The maximum Gasteiger partial charge on any atom is 0.258 e. The molecule has 0 saturated carbocycles. The first-order chi connectivity index (χ1) is 10.3. The molecule has 0 aliphatic carbocycles. The first-order valence-corrected chi connectivity index (χ1v) is 7.34. The van der Waals surface area contributed by atoms with Crippen molar-refractivity contribution in [2.75, 3.05) is 30.4 Å². The Morgan fingerprint density at radius 2 is 2.14 bits per heavy atom. The van der Waals surface area contributed by atoms with Crippen LogP contribution in [0.25, 0.3) is 5.95 Å². The van der Waals surface area contributed by atoms with E-state index in [2.05, 4.69) is 42.2 Å². The molecule has 2 aromatic heterocycles. The van der Waals surface area contributed by atoms with Crippen molar-refractivity contribution in [3.63, 3.8) is 0 Å². The Morgan fingerprint density at radius 3 is 2.86 bits per heavy atom. The summed E-state index contributed by atoms with van der Waals surface area (Å²) in [5.41, 5.74) is 0. The second kappa shape index (κ2) is 6.02. The topological polar surface area (TPSA) is 84.7 Å². The van der Waals surface area contributed by atoms with Crippen molar-refractivity contribution < 1.29 is 0 Å². The molecule has 0 aromatic carbocycles. The Bertz CT molecular complexity index is 582. The summed E-state index contributed by atoms with van der Waals surface area (Å²) in [6, 6.07) is 0. The molecule has 1 saturated heterocycles. The monoisotopic (exact) mass is 288 g/mol. The summed E-state index contributed by atoms with van der Waals surface area (Å²) in [5, 5.41) is 7.07. The van der Waals surface area contributed by atoms with Gasteiger partial charge in [-0.25, -0.2) is 4.98 Å². The van der Waals surface area contributed by atoms with Crippen LogP contribution in [0.3, 0.4) is 0 Å². The highest BCUT2D eigenvalue weighted by Crippen LogP contribution is 2.23. The smallest absolute Gasteiger partial charge is 0.258 e. The van der Waals surface area contributed by atoms with Crippen LogP contribution in [-0.2, 0) is 0 Å². The first kappa shape index (κ1) is 13.7. The number of anilines is 2. The number of hydrogen-bond acceptors (Lipinski definition) is 7. The molecule has 3 heterocycles. The van der Waals surface area contributed by atoms with Gasteiger partial charge in [0.2, 0.25) is 11.9 Å². The summed E-state index contributed by atoms with van der Waals surface area (Å²) in [6.45, 7) is 4.22. The molecule has 21 heavy (non-hydrogen) atoms. The third-order valence-corrected chi connectivity index (χ3v) is 3.84. The average Bonchev–Trinajstić information content (AvgIpc) is 3.09. The molecular formula is C13H20N8. The molecule has 8 heteroatoms. The van der Waals surface area contributed by atoms with Crippen LogP contribution in [0.1, 0.15) is 26.2 Å². The van der Waals surface area contributed by atoms with Crippen molar-refractivity contribution in [2.45, 2.75) is 26.2 Å². The molecule has 8 nitrogen and oxygen atoms in total. The van der Waals surface area contributed by atoms with Gasteiger partial charge in [-0.05, 0) is 18.8 Å². The highest BCUT2D eigenvalue weighted by atomic mass is 15.4. The molecule has 112 valence electrons.